The van der Waals surface area contributed by atoms with E-state index >= 15 is 0 Å². The summed E-state index contributed by atoms with van der Waals surface area (Å²) < 4.78 is 0. The zero-order chi connectivity index (χ0) is 18.7. The summed E-state index contributed by atoms with van der Waals surface area (Å²) in [7, 11) is 3.83. The zero-order valence-electron chi connectivity index (χ0n) is 16.3. The lowest BCUT2D eigenvalue weighted by molar-refractivity contribution is 0.106. The molecule has 2 aliphatic heterocycles. The quantitative estimate of drug-likeness (QED) is 0.719. The molecule has 2 aliphatic rings. The fourth-order valence-electron chi connectivity index (χ4n) is 3.96. The summed E-state index contributed by atoms with van der Waals surface area (Å²) >= 11 is 0. The Kier molecular flexibility index (Phi) is 6.16. The number of piperazine rings is 1. The van der Waals surface area contributed by atoms with Crippen molar-refractivity contribution in [2.45, 2.75) is 6.92 Å². The second-order valence-corrected chi connectivity index (χ2v) is 7.69. The first-order valence-corrected chi connectivity index (χ1v) is 9.62. The van der Waals surface area contributed by atoms with Crippen LogP contribution in [0.1, 0.15) is 6.92 Å². The normalized spacial score (nSPS) is 25.0. The first-order valence-electron chi connectivity index (χ1n) is 9.62. The minimum atomic E-state index is 0.219. The third-order valence-electron chi connectivity index (χ3n) is 5.66. The smallest absolute Gasteiger partial charge is 0.228 e. The minimum Gasteiger partial charge on any atom is -0.396 e. The standard InChI is InChI=1S/C18H33N7O/c1-4-23-5-7-24(8-6-23)10-14-11-25(12-15(14)13-26)17-9-16(19)20-18(21-17)22(2)3/h9,14-15,26H,4-8,10-13H2,1-3H3,(H2,19,20,21)/t14-,15-/m0/s1. The Hall–Kier alpha value is -1.64. The molecule has 2 atom stereocenters. The van der Waals surface area contributed by atoms with E-state index in [1.54, 1.807) is 0 Å². The van der Waals surface area contributed by atoms with Crippen LogP contribution in [0.25, 0.3) is 0 Å². The number of aliphatic hydroxyl groups excluding tert-OH is 1. The van der Waals surface area contributed by atoms with Crippen LogP contribution in [-0.4, -0.2) is 97.9 Å². The Morgan fingerprint density at radius 1 is 1.12 bits per heavy atom. The van der Waals surface area contributed by atoms with Crippen molar-refractivity contribution in [3.05, 3.63) is 6.07 Å². The topological polar surface area (TPSA) is 85.0 Å². The predicted molar refractivity (Wildman–Crippen MR) is 106 cm³/mol. The van der Waals surface area contributed by atoms with Crippen molar-refractivity contribution in [3.63, 3.8) is 0 Å². The number of likely N-dealkylation sites (N-methyl/N-ethyl adjacent to an activating group) is 1. The zero-order valence-corrected chi connectivity index (χ0v) is 16.3. The van der Waals surface area contributed by atoms with Gasteiger partial charge in [-0.25, -0.2) is 0 Å². The minimum absolute atomic E-state index is 0.219. The Balaban J connectivity index is 1.65. The van der Waals surface area contributed by atoms with Gasteiger partial charge in [-0.05, 0) is 12.5 Å². The molecule has 0 aromatic carbocycles. The molecule has 0 aliphatic carbocycles. The molecule has 0 amide bonds. The Labute approximate surface area is 156 Å². The lowest BCUT2D eigenvalue weighted by Gasteiger charge is -2.36. The maximum absolute atomic E-state index is 9.89. The van der Waals surface area contributed by atoms with Crippen molar-refractivity contribution in [1.29, 1.82) is 0 Å². The number of hydrogen-bond donors (Lipinski definition) is 2. The van der Waals surface area contributed by atoms with E-state index in [9.17, 15) is 5.11 Å². The molecule has 0 spiro atoms. The maximum atomic E-state index is 9.89. The number of rotatable bonds is 6. The number of aromatic nitrogens is 2. The molecule has 2 fully saturated rings. The number of anilines is 3. The van der Waals surface area contributed by atoms with Crippen molar-refractivity contribution in [1.82, 2.24) is 19.8 Å². The van der Waals surface area contributed by atoms with Gasteiger partial charge in [0.2, 0.25) is 5.95 Å². The number of nitrogens with zero attached hydrogens (tertiary/aromatic N) is 6. The highest BCUT2D eigenvalue weighted by Gasteiger charge is 2.35. The van der Waals surface area contributed by atoms with Crippen molar-refractivity contribution < 1.29 is 5.11 Å². The van der Waals surface area contributed by atoms with Gasteiger partial charge in [0.1, 0.15) is 11.6 Å². The van der Waals surface area contributed by atoms with E-state index in [-0.39, 0.29) is 12.5 Å². The van der Waals surface area contributed by atoms with Gasteiger partial charge in [0.15, 0.2) is 0 Å². The average molecular weight is 364 g/mol. The van der Waals surface area contributed by atoms with Crippen LogP contribution in [0.15, 0.2) is 6.07 Å². The summed E-state index contributed by atoms with van der Waals surface area (Å²) in [6.07, 6.45) is 0. The van der Waals surface area contributed by atoms with Gasteiger partial charge < -0.3 is 30.4 Å². The Morgan fingerprint density at radius 2 is 1.77 bits per heavy atom. The van der Waals surface area contributed by atoms with Gasteiger partial charge in [0.05, 0.1) is 0 Å². The van der Waals surface area contributed by atoms with E-state index in [1.807, 2.05) is 25.1 Å². The number of nitrogens with two attached hydrogens (primary N) is 1. The van der Waals surface area contributed by atoms with Crippen molar-refractivity contribution in [2.24, 2.45) is 11.8 Å². The molecule has 3 N–H and O–H groups in total. The van der Waals surface area contributed by atoms with Gasteiger partial charge in [-0.15, -0.1) is 0 Å². The molecule has 3 rings (SSSR count). The van der Waals surface area contributed by atoms with Gasteiger partial charge in [-0.3, -0.25) is 0 Å². The Bertz CT molecular complexity index is 589. The highest BCUT2D eigenvalue weighted by Crippen LogP contribution is 2.29. The van der Waals surface area contributed by atoms with E-state index in [1.165, 1.54) is 0 Å². The van der Waals surface area contributed by atoms with Crippen molar-refractivity contribution in [2.75, 3.05) is 88.6 Å². The summed E-state index contributed by atoms with van der Waals surface area (Å²) in [4.78, 5) is 18.1. The fourth-order valence-corrected chi connectivity index (χ4v) is 3.96. The van der Waals surface area contributed by atoms with Crippen LogP contribution in [0, 0.1) is 11.8 Å². The monoisotopic (exact) mass is 363 g/mol. The van der Waals surface area contributed by atoms with E-state index < -0.39 is 0 Å². The predicted octanol–water partition coefficient (Wildman–Crippen LogP) is -0.193. The summed E-state index contributed by atoms with van der Waals surface area (Å²) in [5, 5.41) is 9.89. The third kappa shape index (κ3) is 4.36. The molecule has 8 heteroatoms. The molecule has 26 heavy (non-hydrogen) atoms. The SMILES string of the molecule is CCN1CCN(C[C@H]2CN(c3cc(N)nc(N(C)C)n3)C[C@H]2CO)CC1. The van der Waals surface area contributed by atoms with E-state index in [4.69, 9.17) is 5.73 Å². The lowest BCUT2D eigenvalue weighted by atomic mass is 9.96. The molecule has 0 bridgehead atoms. The van der Waals surface area contributed by atoms with E-state index in [0.29, 0.717) is 17.7 Å². The first kappa shape index (κ1) is 19.1. The largest absolute Gasteiger partial charge is 0.396 e. The van der Waals surface area contributed by atoms with Gasteiger partial charge in [0.25, 0.3) is 0 Å². The number of hydrogen-bond acceptors (Lipinski definition) is 8. The Morgan fingerprint density at radius 3 is 2.38 bits per heavy atom. The second-order valence-electron chi connectivity index (χ2n) is 7.69. The average Bonchev–Trinajstić information content (AvgIpc) is 3.04. The number of nitrogen functional groups attached to an aromatic ring is 1. The van der Waals surface area contributed by atoms with E-state index in [0.717, 1.165) is 58.2 Å². The van der Waals surface area contributed by atoms with Gasteiger partial charge in [0, 0.05) is 78.5 Å². The molecule has 0 saturated carbocycles. The number of aliphatic hydroxyl groups is 1. The summed E-state index contributed by atoms with van der Waals surface area (Å²) in [5.74, 6) is 2.70. The van der Waals surface area contributed by atoms with Crippen molar-refractivity contribution in [3.8, 4) is 0 Å². The molecular weight excluding hydrogens is 330 g/mol. The second kappa shape index (κ2) is 8.37. The third-order valence-corrected chi connectivity index (χ3v) is 5.66. The molecule has 3 heterocycles. The molecular formula is C18H33N7O. The molecule has 1 aromatic heterocycles. The van der Waals surface area contributed by atoms with Crippen LogP contribution in [-0.2, 0) is 0 Å². The molecule has 1 aromatic rings. The lowest BCUT2D eigenvalue weighted by Crippen LogP contribution is -2.48. The van der Waals surface area contributed by atoms with Crippen molar-refractivity contribution >= 4 is 17.6 Å². The van der Waals surface area contributed by atoms with Crippen LogP contribution in [0.4, 0.5) is 17.6 Å². The first-order chi connectivity index (χ1) is 12.5. The van der Waals surface area contributed by atoms with E-state index in [2.05, 4.69) is 31.6 Å². The van der Waals surface area contributed by atoms with Gasteiger partial charge >= 0.3 is 0 Å². The van der Waals surface area contributed by atoms with Crippen LogP contribution >= 0.6 is 0 Å². The maximum Gasteiger partial charge on any atom is 0.228 e. The summed E-state index contributed by atoms with van der Waals surface area (Å²) in [5.41, 5.74) is 5.98. The molecule has 2 saturated heterocycles. The van der Waals surface area contributed by atoms with Crippen LogP contribution < -0.4 is 15.5 Å². The molecule has 0 unspecified atom stereocenters. The van der Waals surface area contributed by atoms with Gasteiger partial charge in [-0.1, -0.05) is 6.92 Å². The summed E-state index contributed by atoms with van der Waals surface area (Å²) in [6.45, 7) is 10.9. The molecule has 8 nitrogen and oxygen atoms in total. The molecule has 146 valence electrons. The summed E-state index contributed by atoms with van der Waals surface area (Å²) in [6, 6.07) is 1.84. The highest BCUT2D eigenvalue weighted by molar-refractivity contribution is 5.52. The highest BCUT2D eigenvalue weighted by atomic mass is 16.3. The van der Waals surface area contributed by atoms with Crippen LogP contribution in [0.2, 0.25) is 0 Å². The van der Waals surface area contributed by atoms with Gasteiger partial charge in [-0.2, -0.15) is 9.97 Å². The van der Waals surface area contributed by atoms with Crippen LogP contribution in [0.3, 0.4) is 0 Å². The van der Waals surface area contributed by atoms with Crippen LogP contribution in [0.5, 0.6) is 0 Å². The fraction of sp³-hybridized carbons (Fsp3) is 0.778. The molecule has 0 radical (unpaired) electrons.